The van der Waals surface area contributed by atoms with Gasteiger partial charge < -0.3 is 15.1 Å². The van der Waals surface area contributed by atoms with Crippen LogP contribution < -0.4 is 10.2 Å². The van der Waals surface area contributed by atoms with Crippen LogP contribution in [0.1, 0.15) is 21.7 Å². The molecule has 160 valence electrons. The number of nitrogens with one attached hydrogen (secondary N) is 1. The van der Waals surface area contributed by atoms with Crippen molar-refractivity contribution in [3.05, 3.63) is 71.8 Å². The Labute approximate surface area is 181 Å². The third-order valence-corrected chi connectivity index (χ3v) is 5.46. The van der Waals surface area contributed by atoms with E-state index in [9.17, 15) is 9.59 Å². The number of carbonyl (C=O) groups is 2. The minimum atomic E-state index is -0.173. The number of aromatic nitrogens is 3. The van der Waals surface area contributed by atoms with E-state index in [2.05, 4.69) is 20.3 Å². The van der Waals surface area contributed by atoms with E-state index in [1.54, 1.807) is 29.2 Å². The van der Waals surface area contributed by atoms with Gasteiger partial charge in [-0.15, -0.1) is 0 Å². The number of rotatable bonds is 5. The van der Waals surface area contributed by atoms with Crippen LogP contribution in [0, 0.1) is 13.8 Å². The quantitative estimate of drug-likeness (QED) is 0.688. The number of hydrogen-bond donors (Lipinski definition) is 1. The monoisotopic (exact) mass is 418 g/mol. The summed E-state index contributed by atoms with van der Waals surface area (Å²) in [7, 11) is 0. The third kappa shape index (κ3) is 4.74. The third-order valence-electron chi connectivity index (χ3n) is 5.46. The number of pyridine rings is 1. The second-order valence-electron chi connectivity index (χ2n) is 7.66. The van der Waals surface area contributed by atoms with E-state index < -0.39 is 0 Å². The molecule has 1 aliphatic rings. The molecule has 0 atom stereocenters. The van der Waals surface area contributed by atoms with Crippen LogP contribution in [0.2, 0.25) is 0 Å². The first-order chi connectivity index (χ1) is 15.0. The van der Waals surface area contributed by atoms with Crippen LogP contribution in [0.25, 0.3) is 0 Å². The largest absolute Gasteiger partial charge is 0.366 e. The van der Waals surface area contributed by atoms with Crippen LogP contribution in [0.3, 0.4) is 0 Å². The molecule has 2 aromatic heterocycles. The zero-order valence-corrected chi connectivity index (χ0v) is 17.8. The van der Waals surface area contributed by atoms with Gasteiger partial charge in [0.25, 0.3) is 5.91 Å². The van der Waals surface area contributed by atoms with Gasteiger partial charge in [-0.3, -0.25) is 19.3 Å². The van der Waals surface area contributed by atoms with Crippen LogP contribution in [-0.4, -0.2) is 57.7 Å². The maximum atomic E-state index is 12.7. The summed E-state index contributed by atoms with van der Waals surface area (Å²) in [6, 6.07) is 13.1. The fourth-order valence-corrected chi connectivity index (χ4v) is 3.81. The van der Waals surface area contributed by atoms with E-state index in [4.69, 9.17) is 0 Å². The first-order valence-electron chi connectivity index (χ1n) is 10.4. The van der Waals surface area contributed by atoms with E-state index >= 15 is 0 Å². The highest BCUT2D eigenvalue weighted by atomic mass is 16.2. The van der Waals surface area contributed by atoms with Crippen molar-refractivity contribution in [2.45, 2.75) is 20.4 Å². The Balaban J connectivity index is 1.39. The molecule has 0 spiro atoms. The topological polar surface area (TPSA) is 83.4 Å². The van der Waals surface area contributed by atoms with Gasteiger partial charge >= 0.3 is 0 Å². The SMILES string of the molecule is Cc1cc(C)n(CC(=O)N2CCN(c3ccccc3NC(=O)c3ccncc3)CC2)n1. The molecule has 1 N–H and O–H groups in total. The molecule has 1 aromatic carbocycles. The molecule has 0 radical (unpaired) electrons. The van der Waals surface area contributed by atoms with E-state index in [0.717, 1.165) is 22.8 Å². The van der Waals surface area contributed by atoms with Crippen molar-refractivity contribution in [1.82, 2.24) is 19.7 Å². The van der Waals surface area contributed by atoms with Gasteiger partial charge in [-0.05, 0) is 44.2 Å². The van der Waals surface area contributed by atoms with Crippen molar-refractivity contribution in [3.63, 3.8) is 0 Å². The summed E-state index contributed by atoms with van der Waals surface area (Å²) in [5.41, 5.74) is 4.18. The van der Waals surface area contributed by atoms with Gasteiger partial charge in [0, 0.05) is 49.8 Å². The molecule has 0 bridgehead atoms. The van der Waals surface area contributed by atoms with Crippen LogP contribution in [0.4, 0.5) is 11.4 Å². The molecule has 3 aromatic rings. The number of piperazine rings is 1. The highest BCUT2D eigenvalue weighted by Crippen LogP contribution is 2.27. The van der Waals surface area contributed by atoms with Crippen molar-refractivity contribution >= 4 is 23.2 Å². The molecule has 0 aliphatic carbocycles. The van der Waals surface area contributed by atoms with Crippen molar-refractivity contribution in [2.75, 3.05) is 36.4 Å². The number of benzene rings is 1. The first-order valence-corrected chi connectivity index (χ1v) is 10.4. The van der Waals surface area contributed by atoms with Gasteiger partial charge in [-0.25, -0.2) is 0 Å². The lowest BCUT2D eigenvalue weighted by atomic mass is 10.2. The minimum Gasteiger partial charge on any atom is -0.366 e. The molecule has 1 saturated heterocycles. The summed E-state index contributed by atoms with van der Waals surface area (Å²) in [6.07, 6.45) is 3.20. The molecule has 31 heavy (non-hydrogen) atoms. The lowest BCUT2D eigenvalue weighted by Gasteiger charge is -2.37. The smallest absolute Gasteiger partial charge is 0.255 e. The summed E-state index contributed by atoms with van der Waals surface area (Å²) in [6.45, 7) is 6.81. The van der Waals surface area contributed by atoms with E-state index in [0.29, 0.717) is 31.7 Å². The van der Waals surface area contributed by atoms with Crippen LogP contribution >= 0.6 is 0 Å². The average Bonchev–Trinajstić information content (AvgIpc) is 3.11. The number of hydrogen-bond acceptors (Lipinski definition) is 5. The minimum absolute atomic E-state index is 0.0742. The molecule has 4 rings (SSSR count). The standard InChI is InChI=1S/C23H26N6O2/c1-17-15-18(2)29(26-17)16-22(30)28-13-11-27(12-14-28)21-6-4-3-5-20(21)25-23(31)19-7-9-24-10-8-19/h3-10,15H,11-14,16H2,1-2H3,(H,25,31). The van der Waals surface area contributed by atoms with Crippen LogP contribution in [-0.2, 0) is 11.3 Å². The summed E-state index contributed by atoms with van der Waals surface area (Å²) in [5, 5.41) is 7.39. The van der Waals surface area contributed by atoms with Crippen LogP contribution in [0.15, 0.2) is 54.9 Å². The number of carbonyl (C=O) groups excluding carboxylic acids is 2. The molecule has 2 amide bonds. The number of nitrogens with zero attached hydrogens (tertiary/aromatic N) is 5. The molecule has 0 saturated carbocycles. The van der Waals surface area contributed by atoms with E-state index in [1.165, 1.54) is 0 Å². The Hall–Kier alpha value is -3.68. The van der Waals surface area contributed by atoms with Gasteiger partial charge in [-0.1, -0.05) is 12.1 Å². The molecule has 1 fully saturated rings. The zero-order chi connectivity index (χ0) is 21.8. The second kappa shape index (κ2) is 8.99. The Morgan fingerprint density at radius 2 is 1.71 bits per heavy atom. The molecule has 3 heterocycles. The summed E-state index contributed by atoms with van der Waals surface area (Å²) < 4.78 is 1.76. The number of amides is 2. The Morgan fingerprint density at radius 1 is 1.00 bits per heavy atom. The highest BCUT2D eigenvalue weighted by Gasteiger charge is 2.23. The Kier molecular flexibility index (Phi) is 5.97. The highest BCUT2D eigenvalue weighted by molar-refractivity contribution is 6.05. The lowest BCUT2D eigenvalue weighted by Crippen LogP contribution is -2.49. The van der Waals surface area contributed by atoms with Crippen LogP contribution in [0.5, 0.6) is 0 Å². The number of para-hydroxylation sites is 2. The van der Waals surface area contributed by atoms with Crippen molar-refractivity contribution in [1.29, 1.82) is 0 Å². The maximum Gasteiger partial charge on any atom is 0.255 e. The molecule has 0 unspecified atom stereocenters. The number of anilines is 2. The van der Waals surface area contributed by atoms with E-state index in [1.807, 2.05) is 49.1 Å². The van der Waals surface area contributed by atoms with Gasteiger partial charge in [0.1, 0.15) is 6.54 Å². The fourth-order valence-electron chi connectivity index (χ4n) is 3.81. The molecular formula is C23H26N6O2. The first kappa shape index (κ1) is 20.6. The van der Waals surface area contributed by atoms with Crippen molar-refractivity contribution in [3.8, 4) is 0 Å². The van der Waals surface area contributed by atoms with E-state index in [-0.39, 0.29) is 18.4 Å². The molecule has 1 aliphatic heterocycles. The average molecular weight is 419 g/mol. The normalized spacial score (nSPS) is 13.9. The maximum absolute atomic E-state index is 12.7. The predicted molar refractivity (Wildman–Crippen MR) is 119 cm³/mol. The zero-order valence-electron chi connectivity index (χ0n) is 17.8. The summed E-state index contributed by atoms with van der Waals surface area (Å²) in [5.74, 6) is -0.0984. The Morgan fingerprint density at radius 3 is 2.39 bits per heavy atom. The summed E-state index contributed by atoms with van der Waals surface area (Å²) >= 11 is 0. The second-order valence-corrected chi connectivity index (χ2v) is 7.66. The Bertz CT molecular complexity index is 1070. The number of aryl methyl sites for hydroxylation is 2. The molecule has 8 nitrogen and oxygen atoms in total. The van der Waals surface area contributed by atoms with Crippen molar-refractivity contribution in [2.24, 2.45) is 0 Å². The van der Waals surface area contributed by atoms with Crippen molar-refractivity contribution < 1.29 is 9.59 Å². The summed E-state index contributed by atoms with van der Waals surface area (Å²) in [4.78, 5) is 33.3. The fraction of sp³-hybridized carbons (Fsp3) is 0.304. The van der Waals surface area contributed by atoms with Gasteiger partial charge in [0.2, 0.25) is 5.91 Å². The predicted octanol–water partition coefficient (Wildman–Crippen LogP) is 2.50. The molecular weight excluding hydrogens is 392 g/mol. The van der Waals surface area contributed by atoms with Gasteiger partial charge in [0.05, 0.1) is 17.1 Å². The van der Waals surface area contributed by atoms with Gasteiger partial charge in [-0.2, -0.15) is 5.10 Å². The van der Waals surface area contributed by atoms with Gasteiger partial charge in [0.15, 0.2) is 0 Å². The lowest BCUT2D eigenvalue weighted by molar-refractivity contribution is -0.132. The molecule has 8 heteroatoms.